The molecule has 0 saturated heterocycles. The van der Waals surface area contributed by atoms with Crippen LogP contribution in [-0.2, 0) is 4.74 Å². The molecule has 0 aliphatic heterocycles. The summed E-state index contributed by atoms with van der Waals surface area (Å²) in [5, 5.41) is 0.948. The Morgan fingerprint density at radius 2 is 1.77 bits per heavy atom. The predicted molar refractivity (Wildman–Crippen MR) is 64.0 cm³/mol. The standard InChI is InChI=1S/C10H18Br2O/c11-7-8-13-10-6-4-2-1-3-5-9(10)12/h9-10H,1-8H2. The van der Waals surface area contributed by atoms with Crippen LogP contribution in [0.3, 0.4) is 0 Å². The lowest BCUT2D eigenvalue weighted by atomic mass is 9.98. The maximum atomic E-state index is 5.79. The van der Waals surface area contributed by atoms with Crippen molar-refractivity contribution < 1.29 is 4.74 Å². The van der Waals surface area contributed by atoms with E-state index in [1.807, 2.05) is 0 Å². The van der Waals surface area contributed by atoms with Crippen LogP contribution in [0.1, 0.15) is 38.5 Å². The van der Waals surface area contributed by atoms with Crippen molar-refractivity contribution in [3.05, 3.63) is 0 Å². The third-order valence-corrected chi connectivity index (χ3v) is 3.90. The minimum Gasteiger partial charge on any atom is -0.376 e. The summed E-state index contributed by atoms with van der Waals surface area (Å²) < 4.78 is 5.79. The van der Waals surface area contributed by atoms with E-state index in [2.05, 4.69) is 31.9 Å². The van der Waals surface area contributed by atoms with Crippen molar-refractivity contribution in [3.63, 3.8) is 0 Å². The van der Waals surface area contributed by atoms with E-state index >= 15 is 0 Å². The molecule has 1 aliphatic carbocycles. The van der Waals surface area contributed by atoms with E-state index in [0.29, 0.717) is 10.9 Å². The summed E-state index contributed by atoms with van der Waals surface area (Å²) in [5.41, 5.74) is 0. The van der Waals surface area contributed by atoms with Gasteiger partial charge in [-0.1, -0.05) is 57.5 Å². The number of halogens is 2. The van der Waals surface area contributed by atoms with E-state index in [1.54, 1.807) is 0 Å². The molecule has 3 heteroatoms. The molecule has 0 radical (unpaired) electrons. The summed E-state index contributed by atoms with van der Waals surface area (Å²) >= 11 is 7.12. The summed E-state index contributed by atoms with van der Waals surface area (Å²) in [7, 11) is 0. The molecule has 1 fully saturated rings. The van der Waals surface area contributed by atoms with Crippen LogP contribution < -0.4 is 0 Å². The van der Waals surface area contributed by atoms with Gasteiger partial charge in [0.05, 0.1) is 12.7 Å². The van der Waals surface area contributed by atoms with Gasteiger partial charge in [-0.3, -0.25) is 0 Å². The van der Waals surface area contributed by atoms with Crippen LogP contribution in [0.4, 0.5) is 0 Å². The normalized spacial score (nSPS) is 30.9. The molecule has 0 heterocycles. The Morgan fingerprint density at radius 3 is 2.46 bits per heavy atom. The molecule has 1 saturated carbocycles. The molecule has 1 nitrogen and oxygen atoms in total. The lowest BCUT2D eigenvalue weighted by molar-refractivity contribution is 0.0522. The maximum Gasteiger partial charge on any atom is 0.0700 e. The third kappa shape index (κ3) is 4.80. The second kappa shape index (κ2) is 7.24. The first-order valence-corrected chi connectivity index (χ1v) is 7.20. The first-order chi connectivity index (χ1) is 6.34. The highest BCUT2D eigenvalue weighted by Gasteiger charge is 2.20. The zero-order chi connectivity index (χ0) is 9.52. The summed E-state index contributed by atoms with van der Waals surface area (Å²) in [6, 6.07) is 0. The van der Waals surface area contributed by atoms with E-state index in [-0.39, 0.29) is 0 Å². The van der Waals surface area contributed by atoms with Gasteiger partial charge < -0.3 is 4.74 Å². The van der Waals surface area contributed by atoms with Gasteiger partial charge in [-0.05, 0) is 12.8 Å². The molecular formula is C10H18Br2O. The van der Waals surface area contributed by atoms with Crippen LogP contribution >= 0.6 is 31.9 Å². The average molecular weight is 314 g/mol. The van der Waals surface area contributed by atoms with Gasteiger partial charge >= 0.3 is 0 Å². The van der Waals surface area contributed by atoms with E-state index < -0.39 is 0 Å². The van der Waals surface area contributed by atoms with Crippen LogP contribution in [0, 0.1) is 0 Å². The number of hydrogen-bond donors (Lipinski definition) is 0. The summed E-state index contributed by atoms with van der Waals surface area (Å²) in [5.74, 6) is 0. The molecule has 0 N–H and O–H groups in total. The smallest absolute Gasteiger partial charge is 0.0700 e. The highest BCUT2D eigenvalue weighted by Crippen LogP contribution is 2.25. The summed E-state index contributed by atoms with van der Waals surface area (Å²) in [6.07, 6.45) is 8.40. The van der Waals surface area contributed by atoms with E-state index in [9.17, 15) is 0 Å². The van der Waals surface area contributed by atoms with Gasteiger partial charge in [0, 0.05) is 10.2 Å². The molecule has 0 bridgehead atoms. The van der Waals surface area contributed by atoms with Crippen molar-refractivity contribution in [2.75, 3.05) is 11.9 Å². The molecule has 0 aromatic heterocycles. The van der Waals surface area contributed by atoms with Gasteiger partial charge in [-0.25, -0.2) is 0 Å². The van der Waals surface area contributed by atoms with E-state index in [1.165, 1.54) is 38.5 Å². The van der Waals surface area contributed by atoms with Gasteiger partial charge in [-0.2, -0.15) is 0 Å². The Labute approximate surface area is 97.9 Å². The van der Waals surface area contributed by atoms with Gasteiger partial charge in [0.1, 0.15) is 0 Å². The highest BCUT2D eigenvalue weighted by molar-refractivity contribution is 9.09. The number of alkyl halides is 2. The second-order valence-corrected chi connectivity index (χ2v) is 5.57. The van der Waals surface area contributed by atoms with E-state index in [0.717, 1.165) is 11.9 Å². The molecular weight excluding hydrogens is 296 g/mol. The molecule has 2 atom stereocenters. The molecule has 0 spiro atoms. The second-order valence-electron chi connectivity index (χ2n) is 3.61. The topological polar surface area (TPSA) is 9.23 Å². The maximum absolute atomic E-state index is 5.79. The van der Waals surface area contributed by atoms with Crippen LogP contribution in [-0.4, -0.2) is 22.9 Å². The van der Waals surface area contributed by atoms with Gasteiger partial charge in [-0.15, -0.1) is 0 Å². The zero-order valence-electron chi connectivity index (χ0n) is 7.98. The van der Waals surface area contributed by atoms with E-state index in [4.69, 9.17) is 4.74 Å². The Hall–Kier alpha value is 0.920. The average Bonchev–Trinajstić information content (AvgIpc) is 2.11. The first kappa shape index (κ1) is 12.0. The molecule has 0 aromatic rings. The predicted octanol–water partition coefficient (Wildman–Crippen LogP) is 3.88. The molecule has 1 aliphatic rings. The fourth-order valence-electron chi connectivity index (χ4n) is 1.79. The minimum absolute atomic E-state index is 0.442. The number of hydrogen-bond acceptors (Lipinski definition) is 1. The Kier molecular flexibility index (Phi) is 6.68. The van der Waals surface area contributed by atoms with Crippen molar-refractivity contribution in [3.8, 4) is 0 Å². The molecule has 78 valence electrons. The first-order valence-electron chi connectivity index (χ1n) is 5.16. The summed E-state index contributed by atoms with van der Waals surface area (Å²) in [4.78, 5) is 0.576. The van der Waals surface area contributed by atoms with Gasteiger partial charge in [0.25, 0.3) is 0 Å². The minimum atomic E-state index is 0.442. The fraction of sp³-hybridized carbons (Fsp3) is 1.00. The summed E-state index contributed by atoms with van der Waals surface area (Å²) in [6.45, 7) is 0.840. The van der Waals surface area contributed by atoms with Crippen molar-refractivity contribution in [2.45, 2.75) is 49.5 Å². The Bertz CT molecular complexity index is 128. The quantitative estimate of drug-likeness (QED) is 0.718. The van der Waals surface area contributed by atoms with Gasteiger partial charge in [0.2, 0.25) is 0 Å². The third-order valence-electron chi connectivity index (χ3n) is 2.53. The Balaban J connectivity index is 2.28. The van der Waals surface area contributed by atoms with Crippen LogP contribution in [0.15, 0.2) is 0 Å². The monoisotopic (exact) mass is 312 g/mol. The largest absolute Gasteiger partial charge is 0.376 e. The molecule has 1 rings (SSSR count). The van der Waals surface area contributed by atoms with Crippen molar-refractivity contribution in [1.29, 1.82) is 0 Å². The SMILES string of the molecule is BrCCOC1CCCCCCC1Br. The fourth-order valence-corrected chi connectivity index (χ4v) is 2.72. The number of rotatable bonds is 3. The van der Waals surface area contributed by atoms with Crippen molar-refractivity contribution in [2.24, 2.45) is 0 Å². The molecule has 13 heavy (non-hydrogen) atoms. The van der Waals surface area contributed by atoms with Crippen molar-refractivity contribution >= 4 is 31.9 Å². The van der Waals surface area contributed by atoms with Gasteiger partial charge in [0.15, 0.2) is 0 Å². The van der Waals surface area contributed by atoms with Crippen LogP contribution in [0.25, 0.3) is 0 Å². The molecule has 2 unspecified atom stereocenters. The number of ether oxygens (including phenoxy) is 1. The molecule has 0 amide bonds. The zero-order valence-corrected chi connectivity index (χ0v) is 11.1. The highest BCUT2D eigenvalue weighted by atomic mass is 79.9. The molecule has 0 aromatic carbocycles. The Morgan fingerprint density at radius 1 is 1.08 bits per heavy atom. The lowest BCUT2D eigenvalue weighted by Crippen LogP contribution is -2.26. The van der Waals surface area contributed by atoms with Crippen LogP contribution in [0.2, 0.25) is 0 Å². The van der Waals surface area contributed by atoms with Crippen LogP contribution in [0.5, 0.6) is 0 Å². The van der Waals surface area contributed by atoms with Crippen molar-refractivity contribution in [1.82, 2.24) is 0 Å². The lowest BCUT2D eigenvalue weighted by Gasteiger charge is -2.25.